The van der Waals surface area contributed by atoms with E-state index in [4.69, 9.17) is 12.2 Å². The van der Waals surface area contributed by atoms with Gasteiger partial charge >= 0.3 is 6.09 Å². The van der Waals surface area contributed by atoms with Gasteiger partial charge in [0.2, 0.25) is 0 Å². The van der Waals surface area contributed by atoms with E-state index in [1.165, 1.54) is 7.11 Å². The molecule has 0 saturated heterocycles. The van der Waals surface area contributed by atoms with Gasteiger partial charge in [0, 0.05) is 4.90 Å². The Morgan fingerprint density at radius 2 is 2.06 bits per heavy atom. The summed E-state index contributed by atoms with van der Waals surface area (Å²) in [5, 5.41) is 0. The average Bonchev–Trinajstić information content (AvgIpc) is 2.34. The van der Waals surface area contributed by atoms with Gasteiger partial charge in [0.1, 0.15) is 4.99 Å². The average molecular weight is 256 g/mol. The van der Waals surface area contributed by atoms with Crippen LogP contribution in [0.4, 0.5) is 4.79 Å². The van der Waals surface area contributed by atoms with E-state index in [1.807, 2.05) is 30.3 Å². The number of amides is 1. The van der Waals surface area contributed by atoms with E-state index in [2.05, 4.69) is 15.6 Å². The molecule has 0 fully saturated rings. The van der Waals surface area contributed by atoms with Crippen molar-refractivity contribution in [3.05, 3.63) is 30.3 Å². The van der Waals surface area contributed by atoms with Gasteiger partial charge in [-0.2, -0.15) is 0 Å². The van der Waals surface area contributed by atoms with Crippen molar-refractivity contribution in [1.29, 1.82) is 0 Å². The van der Waals surface area contributed by atoms with E-state index >= 15 is 0 Å². The fourth-order valence-corrected chi connectivity index (χ4v) is 1.82. The van der Waals surface area contributed by atoms with Crippen LogP contribution in [0, 0.1) is 0 Å². The maximum atomic E-state index is 10.7. The van der Waals surface area contributed by atoms with Crippen molar-refractivity contribution in [2.24, 2.45) is 0 Å². The minimum atomic E-state index is -0.563. The Labute approximate surface area is 104 Å². The zero-order valence-electron chi connectivity index (χ0n) is 8.73. The molecular weight excluding hydrogens is 244 g/mol. The van der Waals surface area contributed by atoms with Gasteiger partial charge in [-0.25, -0.2) is 10.2 Å². The lowest BCUT2D eigenvalue weighted by Gasteiger charge is -2.07. The number of thioether (sulfide) groups is 1. The van der Waals surface area contributed by atoms with Gasteiger partial charge in [-0.3, -0.25) is 5.43 Å². The van der Waals surface area contributed by atoms with E-state index in [9.17, 15) is 4.79 Å². The highest BCUT2D eigenvalue weighted by Crippen LogP contribution is 2.16. The molecule has 0 aromatic heterocycles. The van der Waals surface area contributed by atoms with Crippen LogP contribution in [-0.4, -0.2) is 23.9 Å². The van der Waals surface area contributed by atoms with Crippen LogP contribution in [0.5, 0.6) is 0 Å². The second kappa shape index (κ2) is 7.08. The summed E-state index contributed by atoms with van der Waals surface area (Å²) in [6.45, 7) is 0. The van der Waals surface area contributed by atoms with Gasteiger partial charge in [0.15, 0.2) is 0 Å². The number of hydrogen-bond acceptors (Lipinski definition) is 4. The van der Waals surface area contributed by atoms with Gasteiger partial charge in [0.25, 0.3) is 0 Å². The van der Waals surface area contributed by atoms with Gasteiger partial charge in [-0.1, -0.05) is 30.4 Å². The third-order valence-corrected chi connectivity index (χ3v) is 3.07. The minimum absolute atomic E-state index is 0.541. The van der Waals surface area contributed by atoms with Crippen molar-refractivity contribution in [1.82, 2.24) is 10.9 Å². The first-order chi connectivity index (χ1) is 7.72. The monoisotopic (exact) mass is 256 g/mol. The number of thiocarbonyl (C=S) groups is 1. The third kappa shape index (κ3) is 4.99. The number of hydrogen-bond donors (Lipinski definition) is 2. The van der Waals surface area contributed by atoms with Crippen LogP contribution in [0.25, 0.3) is 0 Å². The zero-order chi connectivity index (χ0) is 11.8. The molecule has 0 radical (unpaired) electrons. The molecule has 6 heteroatoms. The van der Waals surface area contributed by atoms with E-state index in [0.29, 0.717) is 10.7 Å². The lowest BCUT2D eigenvalue weighted by atomic mass is 10.4. The molecule has 1 aromatic carbocycles. The van der Waals surface area contributed by atoms with Crippen LogP contribution in [0.15, 0.2) is 35.2 Å². The molecular formula is C10H12N2O2S2. The summed E-state index contributed by atoms with van der Waals surface area (Å²) in [5.41, 5.74) is 4.89. The molecule has 0 bridgehead atoms. The van der Waals surface area contributed by atoms with Gasteiger partial charge in [-0.15, -0.1) is 11.8 Å². The van der Waals surface area contributed by atoms with Crippen LogP contribution in [0.3, 0.4) is 0 Å². The number of rotatable bonds is 3. The first kappa shape index (κ1) is 12.8. The number of carbonyl (C=O) groups excluding carboxylic acids is 1. The molecule has 0 saturated carbocycles. The summed E-state index contributed by atoms with van der Waals surface area (Å²) in [4.78, 5) is 12.4. The maximum absolute atomic E-state index is 10.7. The Kier molecular flexibility index (Phi) is 5.66. The SMILES string of the molecule is COC(=O)NNC(=S)CSc1ccccc1. The first-order valence-corrected chi connectivity index (χ1v) is 5.92. The fourth-order valence-electron chi connectivity index (χ4n) is 0.873. The number of benzene rings is 1. The number of hydrazine groups is 1. The highest BCUT2D eigenvalue weighted by atomic mass is 32.2. The Hall–Kier alpha value is -1.27. The molecule has 0 atom stereocenters. The second-order valence-corrected chi connectivity index (χ2v) is 4.31. The largest absolute Gasteiger partial charge is 0.452 e. The molecule has 0 spiro atoms. The molecule has 16 heavy (non-hydrogen) atoms. The van der Waals surface area contributed by atoms with Crippen molar-refractivity contribution in [3.63, 3.8) is 0 Å². The highest BCUT2D eigenvalue weighted by molar-refractivity contribution is 8.01. The number of ether oxygens (including phenoxy) is 1. The summed E-state index contributed by atoms with van der Waals surface area (Å²) >= 11 is 6.61. The van der Waals surface area contributed by atoms with Crippen LogP contribution in [-0.2, 0) is 4.74 Å². The molecule has 0 aliphatic heterocycles. The van der Waals surface area contributed by atoms with Crippen LogP contribution >= 0.6 is 24.0 Å². The van der Waals surface area contributed by atoms with Gasteiger partial charge in [0.05, 0.1) is 12.9 Å². The normalized spacial score (nSPS) is 9.31. The molecule has 0 aliphatic rings. The van der Waals surface area contributed by atoms with Crippen LogP contribution < -0.4 is 10.9 Å². The smallest absolute Gasteiger partial charge is 0.425 e. The van der Waals surface area contributed by atoms with Crippen molar-refractivity contribution in [2.75, 3.05) is 12.9 Å². The zero-order valence-corrected chi connectivity index (χ0v) is 10.4. The van der Waals surface area contributed by atoms with E-state index < -0.39 is 6.09 Å². The molecule has 0 aliphatic carbocycles. The maximum Gasteiger partial charge on any atom is 0.425 e. The van der Waals surface area contributed by atoms with Crippen LogP contribution in [0.1, 0.15) is 0 Å². The molecule has 0 unspecified atom stereocenters. The van der Waals surface area contributed by atoms with Crippen molar-refractivity contribution in [3.8, 4) is 0 Å². The Bertz CT molecular complexity index is 357. The molecule has 86 valence electrons. The summed E-state index contributed by atoms with van der Waals surface area (Å²) < 4.78 is 4.38. The molecule has 1 amide bonds. The lowest BCUT2D eigenvalue weighted by molar-refractivity contribution is 0.169. The quantitative estimate of drug-likeness (QED) is 0.492. The topological polar surface area (TPSA) is 50.4 Å². The van der Waals surface area contributed by atoms with E-state index in [0.717, 1.165) is 4.90 Å². The molecule has 0 heterocycles. The fraction of sp³-hybridized carbons (Fsp3) is 0.200. The number of nitrogens with one attached hydrogen (secondary N) is 2. The summed E-state index contributed by atoms with van der Waals surface area (Å²) in [7, 11) is 1.29. The minimum Gasteiger partial charge on any atom is -0.452 e. The Morgan fingerprint density at radius 1 is 1.38 bits per heavy atom. The standard InChI is InChI=1S/C10H12N2O2S2/c1-14-10(13)12-11-9(15)7-16-8-5-3-2-4-6-8/h2-6H,7H2,1H3,(H,11,15)(H,12,13). The van der Waals surface area contributed by atoms with E-state index in [-0.39, 0.29) is 0 Å². The lowest BCUT2D eigenvalue weighted by Crippen LogP contribution is -2.41. The first-order valence-electron chi connectivity index (χ1n) is 4.53. The predicted molar refractivity (Wildman–Crippen MR) is 68.4 cm³/mol. The van der Waals surface area contributed by atoms with Gasteiger partial charge in [-0.05, 0) is 12.1 Å². The second-order valence-electron chi connectivity index (χ2n) is 2.77. The van der Waals surface area contributed by atoms with Gasteiger partial charge < -0.3 is 4.74 Å². The Balaban J connectivity index is 2.23. The molecule has 1 aromatic rings. The summed E-state index contributed by atoms with van der Waals surface area (Å²) in [5.74, 6) is 0.601. The predicted octanol–water partition coefficient (Wildman–Crippen LogP) is 1.97. The van der Waals surface area contributed by atoms with Crippen LogP contribution in [0.2, 0.25) is 0 Å². The molecule has 1 rings (SSSR count). The Morgan fingerprint density at radius 3 is 2.69 bits per heavy atom. The van der Waals surface area contributed by atoms with Crippen molar-refractivity contribution in [2.45, 2.75) is 4.90 Å². The van der Waals surface area contributed by atoms with Crippen molar-refractivity contribution < 1.29 is 9.53 Å². The van der Waals surface area contributed by atoms with E-state index in [1.54, 1.807) is 11.8 Å². The number of methoxy groups -OCH3 is 1. The highest BCUT2D eigenvalue weighted by Gasteiger charge is 2.00. The summed E-state index contributed by atoms with van der Waals surface area (Å²) in [6, 6.07) is 9.89. The molecule has 2 N–H and O–H groups in total. The molecule has 4 nitrogen and oxygen atoms in total. The van der Waals surface area contributed by atoms with Crippen molar-refractivity contribution >= 4 is 35.1 Å². The third-order valence-electron chi connectivity index (χ3n) is 1.60. The summed E-state index contributed by atoms with van der Waals surface area (Å²) in [6.07, 6.45) is -0.563. The number of carbonyl (C=O) groups is 1.